The van der Waals surface area contributed by atoms with Crippen LogP contribution >= 0.6 is 0 Å². The van der Waals surface area contributed by atoms with Gasteiger partial charge in [-0.15, -0.1) is 0 Å². The predicted octanol–water partition coefficient (Wildman–Crippen LogP) is 0.629. The molecule has 1 amide bonds. The molecule has 0 radical (unpaired) electrons. The second-order valence-electron chi connectivity index (χ2n) is 4.62. The molecule has 5 N–H and O–H groups in total. The van der Waals surface area contributed by atoms with Gasteiger partial charge in [0.05, 0.1) is 6.42 Å². The van der Waals surface area contributed by atoms with Crippen molar-refractivity contribution in [1.82, 2.24) is 10.3 Å². The first-order valence-corrected chi connectivity index (χ1v) is 6.37. The van der Waals surface area contributed by atoms with Gasteiger partial charge in [-0.3, -0.25) is 9.59 Å². The molecule has 1 aromatic heterocycles. The van der Waals surface area contributed by atoms with Crippen LogP contribution in [0, 0.1) is 0 Å². The van der Waals surface area contributed by atoms with Crippen LogP contribution in [-0.4, -0.2) is 34.6 Å². The predicted molar refractivity (Wildman–Crippen MR) is 75.2 cm³/mol. The summed E-state index contributed by atoms with van der Waals surface area (Å²) < 4.78 is 0. The summed E-state index contributed by atoms with van der Waals surface area (Å²) in [5, 5.41) is 12.9. The number of hydrogen-bond acceptors (Lipinski definition) is 3. The second-order valence-corrected chi connectivity index (χ2v) is 4.62. The van der Waals surface area contributed by atoms with E-state index in [0.717, 1.165) is 16.5 Å². The normalized spacial score (nSPS) is 12.4. The number of primary amides is 1. The van der Waals surface area contributed by atoms with Crippen LogP contribution in [0.4, 0.5) is 0 Å². The molecule has 106 valence electrons. The molecule has 0 bridgehead atoms. The zero-order valence-electron chi connectivity index (χ0n) is 10.9. The SMILES string of the molecule is NC(=O)C[C@H](NCCc1c[nH]c2ccccc12)C(=O)O. The minimum Gasteiger partial charge on any atom is -0.480 e. The molecule has 0 saturated heterocycles. The van der Waals surface area contributed by atoms with Crippen molar-refractivity contribution >= 4 is 22.8 Å². The Morgan fingerprint density at radius 2 is 2.10 bits per heavy atom. The lowest BCUT2D eigenvalue weighted by Crippen LogP contribution is -2.40. The highest BCUT2D eigenvalue weighted by Crippen LogP contribution is 2.17. The van der Waals surface area contributed by atoms with Crippen LogP contribution in [0.15, 0.2) is 30.5 Å². The van der Waals surface area contributed by atoms with E-state index in [9.17, 15) is 9.59 Å². The number of H-pyrrole nitrogens is 1. The van der Waals surface area contributed by atoms with E-state index < -0.39 is 17.9 Å². The Kier molecular flexibility index (Phi) is 4.37. The molecule has 0 aliphatic rings. The maximum absolute atomic E-state index is 11.0. The average Bonchev–Trinajstić information content (AvgIpc) is 2.80. The lowest BCUT2D eigenvalue weighted by atomic mass is 10.1. The minimum atomic E-state index is -1.07. The smallest absolute Gasteiger partial charge is 0.321 e. The van der Waals surface area contributed by atoms with E-state index in [-0.39, 0.29) is 6.42 Å². The molecule has 0 saturated carbocycles. The van der Waals surface area contributed by atoms with Gasteiger partial charge in [-0.2, -0.15) is 0 Å². The van der Waals surface area contributed by atoms with Gasteiger partial charge in [0.15, 0.2) is 0 Å². The van der Waals surface area contributed by atoms with Crippen LogP contribution in [0.3, 0.4) is 0 Å². The number of fused-ring (bicyclic) bond motifs is 1. The van der Waals surface area contributed by atoms with Gasteiger partial charge in [0.2, 0.25) is 5.91 Å². The minimum absolute atomic E-state index is 0.205. The summed E-state index contributed by atoms with van der Waals surface area (Å²) in [4.78, 5) is 24.9. The standard InChI is InChI=1S/C14H17N3O3/c15-13(18)7-12(14(19)20)16-6-5-9-8-17-11-4-2-1-3-10(9)11/h1-4,8,12,16-17H,5-7H2,(H2,15,18)(H,19,20)/t12-/m0/s1. The largest absolute Gasteiger partial charge is 0.480 e. The number of aliphatic carboxylic acids is 1. The Balaban J connectivity index is 1.94. The van der Waals surface area contributed by atoms with Gasteiger partial charge in [0.1, 0.15) is 6.04 Å². The number of carbonyl (C=O) groups excluding carboxylic acids is 1. The van der Waals surface area contributed by atoms with Crippen molar-refractivity contribution in [2.45, 2.75) is 18.9 Å². The Morgan fingerprint density at radius 1 is 1.35 bits per heavy atom. The Morgan fingerprint density at radius 3 is 2.80 bits per heavy atom. The van der Waals surface area contributed by atoms with E-state index in [1.54, 1.807) is 0 Å². The summed E-state index contributed by atoms with van der Waals surface area (Å²) in [7, 11) is 0. The van der Waals surface area contributed by atoms with Gasteiger partial charge in [-0.25, -0.2) is 0 Å². The van der Waals surface area contributed by atoms with Crippen LogP contribution in [0.5, 0.6) is 0 Å². The number of para-hydroxylation sites is 1. The van der Waals surface area contributed by atoms with Gasteiger partial charge in [-0.05, 0) is 18.1 Å². The van der Waals surface area contributed by atoms with Crippen LogP contribution in [0.1, 0.15) is 12.0 Å². The van der Waals surface area contributed by atoms with Crippen molar-refractivity contribution in [3.05, 3.63) is 36.0 Å². The van der Waals surface area contributed by atoms with E-state index in [1.807, 2.05) is 30.5 Å². The molecule has 1 heterocycles. The van der Waals surface area contributed by atoms with Crippen molar-refractivity contribution in [1.29, 1.82) is 0 Å². The van der Waals surface area contributed by atoms with E-state index in [1.165, 1.54) is 0 Å². The van der Waals surface area contributed by atoms with E-state index in [4.69, 9.17) is 10.8 Å². The molecule has 1 atom stereocenters. The summed E-state index contributed by atoms with van der Waals surface area (Å²) in [6.45, 7) is 0.464. The third-order valence-corrected chi connectivity index (χ3v) is 3.16. The maximum atomic E-state index is 11.0. The first-order chi connectivity index (χ1) is 9.58. The van der Waals surface area contributed by atoms with Crippen LogP contribution in [0.2, 0.25) is 0 Å². The summed E-state index contributed by atoms with van der Waals surface area (Å²) in [5.74, 6) is -1.69. The molecular weight excluding hydrogens is 258 g/mol. The fourth-order valence-electron chi connectivity index (χ4n) is 2.17. The average molecular weight is 275 g/mol. The van der Waals surface area contributed by atoms with Gasteiger partial charge in [-0.1, -0.05) is 18.2 Å². The summed E-state index contributed by atoms with van der Waals surface area (Å²) >= 11 is 0. The number of nitrogens with two attached hydrogens (primary N) is 1. The van der Waals surface area contributed by atoms with E-state index >= 15 is 0 Å². The Bertz CT molecular complexity index is 621. The molecular formula is C14H17N3O3. The number of carboxylic acids is 1. The first kappa shape index (κ1) is 14.1. The number of hydrogen-bond donors (Lipinski definition) is 4. The lowest BCUT2D eigenvalue weighted by molar-refractivity contribution is -0.141. The molecule has 2 aromatic rings. The summed E-state index contributed by atoms with van der Waals surface area (Å²) in [6, 6.07) is 6.98. The van der Waals surface area contributed by atoms with Crippen molar-refractivity contribution in [2.24, 2.45) is 5.73 Å². The van der Waals surface area contributed by atoms with Crippen LogP contribution in [0.25, 0.3) is 10.9 Å². The number of nitrogens with one attached hydrogen (secondary N) is 2. The lowest BCUT2D eigenvalue weighted by Gasteiger charge is -2.12. The third kappa shape index (κ3) is 3.36. The molecule has 0 spiro atoms. The van der Waals surface area contributed by atoms with E-state index in [2.05, 4.69) is 10.3 Å². The van der Waals surface area contributed by atoms with Gasteiger partial charge >= 0.3 is 5.97 Å². The van der Waals surface area contributed by atoms with Gasteiger partial charge < -0.3 is 21.1 Å². The third-order valence-electron chi connectivity index (χ3n) is 3.16. The fraction of sp³-hybridized carbons (Fsp3) is 0.286. The molecule has 2 rings (SSSR count). The van der Waals surface area contributed by atoms with Crippen LogP contribution in [-0.2, 0) is 16.0 Å². The summed E-state index contributed by atoms with van der Waals surface area (Å²) in [5.41, 5.74) is 7.18. The highest BCUT2D eigenvalue weighted by molar-refractivity contribution is 5.84. The fourth-order valence-corrected chi connectivity index (χ4v) is 2.17. The number of benzene rings is 1. The first-order valence-electron chi connectivity index (χ1n) is 6.37. The molecule has 6 heteroatoms. The van der Waals surface area contributed by atoms with Crippen LogP contribution < -0.4 is 11.1 Å². The number of carbonyl (C=O) groups is 2. The molecule has 6 nitrogen and oxygen atoms in total. The molecule has 0 fully saturated rings. The molecule has 1 aromatic carbocycles. The number of amides is 1. The van der Waals surface area contributed by atoms with Crippen molar-refractivity contribution in [3.8, 4) is 0 Å². The number of aromatic nitrogens is 1. The molecule has 0 aliphatic heterocycles. The monoisotopic (exact) mass is 275 g/mol. The number of rotatable bonds is 7. The highest BCUT2D eigenvalue weighted by atomic mass is 16.4. The highest BCUT2D eigenvalue weighted by Gasteiger charge is 2.18. The number of aromatic amines is 1. The van der Waals surface area contributed by atoms with Crippen molar-refractivity contribution in [3.63, 3.8) is 0 Å². The zero-order valence-corrected chi connectivity index (χ0v) is 10.9. The van der Waals surface area contributed by atoms with Gasteiger partial charge in [0, 0.05) is 23.6 Å². The Labute approximate surface area is 116 Å². The molecule has 0 aliphatic carbocycles. The maximum Gasteiger partial charge on any atom is 0.321 e. The second kappa shape index (κ2) is 6.21. The summed E-state index contributed by atoms with van der Waals surface area (Å²) in [6.07, 6.45) is 2.38. The number of carboxylic acid groups (broad SMARTS) is 1. The van der Waals surface area contributed by atoms with Crippen molar-refractivity contribution in [2.75, 3.05) is 6.54 Å². The van der Waals surface area contributed by atoms with Gasteiger partial charge in [0.25, 0.3) is 0 Å². The quantitative estimate of drug-likeness (QED) is 0.594. The Hall–Kier alpha value is -2.34. The van der Waals surface area contributed by atoms with E-state index in [0.29, 0.717) is 13.0 Å². The molecule has 0 unspecified atom stereocenters. The zero-order chi connectivity index (χ0) is 14.5. The topological polar surface area (TPSA) is 108 Å². The van der Waals surface area contributed by atoms with Crippen molar-refractivity contribution < 1.29 is 14.7 Å². The molecule has 20 heavy (non-hydrogen) atoms.